The zero-order valence-corrected chi connectivity index (χ0v) is 12.8. The van der Waals surface area contributed by atoms with E-state index >= 15 is 0 Å². The maximum atomic E-state index is 13.1. The lowest BCUT2D eigenvalue weighted by molar-refractivity contribution is 0.494. The van der Waals surface area contributed by atoms with E-state index in [-0.39, 0.29) is 17.9 Å². The van der Waals surface area contributed by atoms with Crippen LogP contribution < -0.4 is 5.32 Å². The van der Waals surface area contributed by atoms with Crippen molar-refractivity contribution in [1.82, 2.24) is 5.32 Å². The molecule has 0 amide bonds. The number of rotatable bonds is 4. The summed E-state index contributed by atoms with van der Waals surface area (Å²) in [4.78, 5) is 0. The average Bonchev–Trinajstić information content (AvgIpc) is 2.39. The van der Waals surface area contributed by atoms with E-state index in [0.717, 1.165) is 16.1 Å². The normalized spacial score (nSPS) is 14.1. The van der Waals surface area contributed by atoms with Crippen LogP contribution in [0.4, 0.5) is 4.39 Å². The minimum atomic E-state index is -0.323. The Kier molecular flexibility index (Phi) is 5.03. The predicted octanol–water partition coefficient (Wildman–Crippen LogP) is 5.54. The molecule has 0 aromatic heterocycles. The van der Waals surface area contributed by atoms with E-state index in [9.17, 15) is 4.39 Å². The standard InChI is InChI=1S/C16H16Cl2FN/c1-10(12-3-5-13(17)6-4-12)20-11(2)15-8-7-14(19)9-16(15)18/h3-11,20H,1-2H3/t10-,11?/m1/s1. The van der Waals surface area contributed by atoms with E-state index in [0.29, 0.717) is 5.02 Å². The lowest BCUT2D eigenvalue weighted by Crippen LogP contribution is -2.22. The molecule has 0 bridgehead atoms. The van der Waals surface area contributed by atoms with Gasteiger partial charge < -0.3 is 5.32 Å². The molecule has 0 saturated carbocycles. The molecule has 0 saturated heterocycles. The van der Waals surface area contributed by atoms with E-state index in [2.05, 4.69) is 12.2 Å². The Hall–Kier alpha value is -1.09. The van der Waals surface area contributed by atoms with Gasteiger partial charge in [-0.2, -0.15) is 0 Å². The Morgan fingerprint density at radius 3 is 2.20 bits per heavy atom. The first-order valence-corrected chi connectivity index (χ1v) is 7.19. The molecule has 20 heavy (non-hydrogen) atoms. The van der Waals surface area contributed by atoms with Gasteiger partial charge >= 0.3 is 0 Å². The molecule has 1 N–H and O–H groups in total. The zero-order chi connectivity index (χ0) is 14.7. The molecule has 106 valence electrons. The van der Waals surface area contributed by atoms with Crippen LogP contribution in [0.15, 0.2) is 42.5 Å². The third-order valence-corrected chi connectivity index (χ3v) is 3.88. The van der Waals surface area contributed by atoms with Crippen LogP contribution in [0.3, 0.4) is 0 Å². The minimum Gasteiger partial charge on any atom is -0.304 e. The lowest BCUT2D eigenvalue weighted by Gasteiger charge is -2.21. The second-order valence-electron chi connectivity index (χ2n) is 4.83. The minimum absolute atomic E-state index is 0.0220. The Morgan fingerprint density at radius 1 is 0.950 bits per heavy atom. The van der Waals surface area contributed by atoms with Gasteiger partial charge in [-0.1, -0.05) is 41.4 Å². The van der Waals surface area contributed by atoms with E-state index in [1.807, 2.05) is 31.2 Å². The molecule has 2 aromatic rings. The van der Waals surface area contributed by atoms with Crippen LogP contribution >= 0.6 is 23.2 Å². The summed E-state index contributed by atoms with van der Waals surface area (Å²) in [6, 6.07) is 12.3. The summed E-state index contributed by atoms with van der Waals surface area (Å²) in [6.07, 6.45) is 0. The monoisotopic (exact) mass is 311 g/mol. The van der Waals surface area contributed by atoms with Crippen LogP contribution in [0, 0.1) is 5.82 Å². The molecule has 2 atom stereocenters. The summed E-state index contributed by atoms with van der Waals surface area (Å²) in [5.74, 6) is -0.323. The van der Waals surface area contributed by atoms with Crippen molar-refractivity contribution in [3.05, 3.63) is 69.5 Å². The molecular weight excluding hydrogens is 296 g/mol. The van der Waals surface area contributed by atoms with Gasteiger partial charge in [-0.3, -0.25) is 0 Å². The fourth-order valence-corrected chi connectivity index (χ4v) is 2.62. The second-order valence-corrected chi connectivity index (χ2v) is 5.67. The van der Waals surface area contributed by atoms with E-state index in [1.165, 1.54) is 12.1 Å². The fraction of sp³-hybridized carbons (Fsp3) is 0.250. The lowest BCUT2D eigenvalue weighted by atomic mass is 10.0. The smallest absolute Gasteiger partial charge is 0.124 e. The van der Waals surface area contributed by atoms with Crippen molar-refractivity contribution in [3.8, 4) is 0 Å². The highest BCUT2D eigenvalue weighted by atomic mass is 35.5. The number of nitrogens with one attached hydrogen (secondary N) is 1. The summed E-state index contributed by atoms with van der Waals surface area (Å²) >= 11 is 12.0. The van der Waals surface area contributed by atoms with Crippen molar-refractivity contribution in [1.29, 1.82) is 0 Å². The highest BCUT2D eigenvalue weighted by molar-refractivity contribution is 6.31. The van der Waals surface area contributed by atoms with E-state index in [1.54, 1.807) is 6.07 Å². The number of benzene rings is 2. The topological polar surface area (TPSA) is 12.0 Å². The van der Waals surface area contributed by atoms with Crippen molar-refractivity contribution in [2.24, 2.45) is 0 Å². The first-order chi connectivity index (χ1) is 9.47. The average molecular weight is 312 g/mol. The summed E-state index contributed by atoms with van der Waals surface area (Å²) < 4.78 is 13.1. The van der Waals surface area contributed by atoms with Gasteiger partial charge in [0.05, 0.1) is 0 Å². The largest absolute Gasteiger partial charge is 0.304 e. The van der Waals surface area contributed by atoms with Crippen LogP contribution in [0.1, 0.15) is 37.1 Å². The van der Waals surface area contributed by atoms with Crippen LogP contribution in [0.25, 0.3) is 0 Å². The molecule has 4 heteroatoms. The highest BCUT2D eigenvalue weighted by Gasteiger charge is 2.14. The molecule has 0 aliphatic rings. The van der Waals surface area contributed by atoms with Crippen molar-refractivity contribution in [2.45, 2.75) is 25.9 Å². The first-order valence-electron chi connectivity index (χ1n) is 6.44. The summed E-state index contributed by atoms with van der Waals surface area (Å²) in [5.41, 5.74) is 2.02. The summed E-state index contributed by atoms with van der Waals surface area (Å²) in [7, 11) is 0. The van der Waals surface area contributed by atoms with Gasteiger partial charge in [0, 0.05) is 22.1 Å². The molecule has 1 nitrogen and oxygen atoms in total. The van der Waals surface area contributed by atoms with Crippen LogP contribution in [0.2, 0.25) is 10.0 Å². The third-order valence-electron chi connectivity index (χ3n) is 3.30. The maximum absolute atomic E-state index is 13.1. The fourth-order valence-electron chi connectivity index (χ4n) is 2.17. The summed E-state index contributed by atoms with van der Waals surface area (Å²) in [6.45, 7) is 4.07. The SMILES string of the molecule is CC(N[C@H](C)c1ccc(Cl)cc1)c1ccc(F)cc1Cl. The quantitative estimate of drug-likeness (QED) is 0.781. The van der Waals surface area contributed by atoms with Gasteiger partial charge in [0.25, 0.3) is 0 Å². The van der Waals surface area contributed by atoms with E-state index in [4.69, 9.17) is 23.2 Å². The van der Waals surface area contributed by atoms with Gasteiger partial charge in [-0.15, -0.1) is 0 Å². The Labute approximate surface area is 128 Å². The molecule has 2 aromatic carbocycles. The molecule has 0 radical (unpaired) electrons. The molecule has 0 aliphatic carbocycles. The van der Waals surface area contributed by atoms with Crippen LogP contribution in [-0.2, 0) is 0 Å². The van der Waals surface area contributed by atoms with Gasteiger partial charge in [0.15, 0.2) is 0 Å². The molecule has 0 aliphatic heterocycles. The van der Waals surface area contributed by atoms with Gasteiger partial charge in [-0.25, -0.2) is 4.39 Å². The predicted molar refractivity (Wildman–Crippen MR) is 82.8 cm³/mol. The molecule has 1 unspecified atom stereocenters. The van der Waals surface area contributed by atoms with Crippen molar-refractivity contribution in [3.63, 3.8) is 0 Å². The molecule has 0 heterocycles. The zero-order valence-electron chi connectivity index (χ0n) is 11.3. The van der Waals surface area contributed by atoms with Crippen LogP contribution in [-0.4, -0.2) is 0 Å². The molecule has 0 spiro atoms. The Balaban J connectivity index is 2.10. The maximum Gasteiger partial charge on any atom is 0.124 e. The summed E-state index contributed by atoms with van der Waals surface area (Å²) in [5, 5.41) is 4.60. The Morgan fingerprint density at radius 2 is 1.60 bits per heavy atom. The first kappa shape index (κ1) is 15.3. The van der Waals surface area contributed by atoms with Crippen LogP contribution in [0.5, 0.6) is 0 Å². The molecule has 0 fully saturated rings. The number of halogens is 3. The Bertz CT molecular complexity index is 584. The van der Waals surface area contributed by atoms with Gasteiger partial charge in [0.1, 0.15) is 5.82 Å². The highest BCUT2D eigenvalue weighted by Crippen LogP contribution is 2.26. The van der Waals surface area contributed by atoms with Crippen molar-refractivity contribution < 1.29 is 4.39 Å². The molecular formula is C16H16Cl2FN. The molecule has 2 rings (SSSR count). The van der Waals surface area contributed by atoms with Gasteiger partial charge in [-0.05, 0) is 49.2 Å². The third kappa shape index (κ3) is 3.72. The van der Waals surface area contributed by atoms with E-state index < -0.39 is 0 Å². The second kappa shape index (κ2) is 6.57. The van der Waals surface area contributed by atoms with Crippen molar-refractivity contribution in [2.75, 3.05) is 0 Å². The number of hydrogen-bond acceptors (Lipinski definition) is 1. The van der Waals surface area contributed by atoms with Gasteiger partial charge in [0.2, 0.25) is 0 Å². The van der Waals surface area contributed by atoms with Crippen molar-refractivity contribution >= 4 is 23.2 Å². The number of hydrogen-bond donors (Lipinski definition) is 1.